The minimum Gasteiger partial charge on any atom is -0.363 e. The van der Waals surface area contributed by atoms with Crippen molar-refractivity contribution in [3.8, 4) is 0 Å². The number of hydrogen-bond acceptors (Lipinski definition) is 5. The lowest BCUT2D eigenvalue weighted by Crippen LogP contribution is -2.40. The highest BCUT2D eigenvalue weighted by Gasteiger charge is 2.28. The molecule has 0 bridgehead atoms. The molecule has 1 aliphatic heterocycles. The van der Waals surface area contributed by atoms with Crippen LogP contribution < -0.4 is 5.32 Å². The summed E-state index contributed by atoms with van der Waals surface area (Å²) in [5.74, 6) is -0.288. The van der Waals surface area contributed by atoms with E-state index in [0.717, 1.165) is 0 Å². The van der Waals surface area contributed by atoms with Crippen molar-refractivity contribution in [2.75, 3.05) is 24.7 Å². The zero-order chi connectivity index (χ0) is 13.2. The van der Waals surface area contributed by atoms with Crippen LogP contribution in [0.1, 0.15) is 12.8 Å². The average Bonchev–Trinajstić information content (AvgIpc) is 2.81. The SMILES string of the molecule is CS(=O)(=O)N1CCC(C(=O)Nc2cnoc2)CC1. The molecule has 1 aromatic heterocycles. The maximum absolute atomic E-state index is 11.9. The lowest BCUT2D eigenvalue weighted by atomic mass is 9.97. The van der Waals surface area contributed by atoms with Crippen molar-refractivity contribution < 1.29 is 17.7 Å². The molecule has 0 unspecified atom stereocenters. The number of amides is 1. The maximum Gasteiger partial charge on any atom is 0.227 e. The zero-order valence-electron chi connectivity index (χ0n) is 10.00. The molecular weight excluding hydrogens is 258 g/mol. The van der Waals surface area contributed by atoms with E-state index in [-0.39, 0.29) is 11.8 Å². The first kappa shape index (κ1) is 13.0. The molecule has 1 fully saturated rings. The number of aromatic nitrogens is 1. The Hall–Kier alpha value is -1.41. The fraction of sp³-hybridized carbons (Fsp3) is 0.600. The van der Waals surface area contributed by atoms with E-state index in [2.05, 4.69) is 15.0 Å². The van der Waals surface area contributed by atoms with Gasteiger partial charge in [0.2, 0.25) is 15.9 Å². The highest BCUT2D eigenvalue weighted by atomic mass is 32.2. The topological polar surface area (TPSA) is 92.5 Å². The summed E-state index contributed by atoms with van der Waals surface area (Å²) in [6, 6.07) is 0. The van der Waals surface area contributed by atoms with E-state index in [4.69, 9.17) is 0 Å². The average molecular weight is 273 g/mol. The Morgan fingerprint density at radius 3 is 2.67 bits per heavy atom. The van der Waals surface area contributed by atoms with Gasteiger partial charge in [0.15, 0.2) is 0 Å². The van der Waals surface area contributed by atoms with Crippen LogP contribution in [0.4, 0.5) is 5.69 Å². The maximum atomic E-state index is 11.9. The van der Waals surface area contributed by atoms with Crippen LogP contribution in [0, 0.1) is 5.92 Å². The van der Waals surface area contributed by atoms with Gasteiger partial charge in [-0.3, -0.25) is 4.79 Å². The summed E-state index contributed by atoms with van der Waals surface area (Å²) in [4.78, 5) is 11.9. The molecule has 7 nitrogen and oxygen atoms in total. The number of rotatable bonds is 3. The Morgan fingerprint density at radius 2 is 2.17 bits per heavy atom. The van der Waals surface area contributed by atoms with Crippen LogP contribution >= 0.6 is 0 Å². The van der Waals surface area contributed by atoms with E-state index in [1.165, 1.54) is 23.0 Å². The summed E-state index contributed by atoms with van der Waals surface area (Å²) >= 11 is 0. The van der Waals surface area contributed by atoms with Crippen molar-refractivity contribution in [3.63, 3.8) is 0 Å². The Morgan fingerprint density at radius 1 is 1.50 bits per heavy atom. The van der Waals surface area contributed by atoms with Crippen LogP contribution in [0.3, 0.4) is 0 Å². The summed E-state index contributed by atoms with van der Waals surface area (Å²) < 4.78 is 28.7. The molecule has 18 heavy (non-hydrogen) atoms. The van der Waals surface area contributed by atoms with Gasteiger partial charge < -0.3 is 9.84 Å². The highest BCUT2D eigenvalue weighted by molar-refractivity contribution is 7.88. The van der Waals surface area contributed by atoms with Crippen LogP contribution in [-0.4, -0.2) is 43.1 Å². The second kappa shape index (κ2) is 5.07. The number of anilines is 1. The van der Waals surface area contributed by atoms with Crippen molar-refractivity contribution >= 4 is 21.6 Å². The van der Waals surface area contributed by atoms with Gasteiger partial charge in [0.25, 0.3) is 0 Å². The third kappa shape index (κ3) is 3.08. The number of sulfonamides is 1. The number of piperidine rings is 1. The summed E-state index contributed by atoms with van der Waals surface area (Å²) in [6.07, 6.45) is 5.02. The van der Waals surface area contributed by atoms with Crippen molar-refractivity contribution in [1.82, 2.24) is 9.46 Å². The van der Waals surface area contributed by atoms with Gasteiger partial charge in [-0.15, -0.1) is 0 Å². The minimum atomic E-state index is -3.15. The van der Waals surface area contributed by atoms with E-state index < -0.39 is 10.0 Å². The first-order chi connectivity index (χ1) is 8.47. The van der Waals surface area contributed by atoms with Gasteiger partial charge in [0, 0.05) is 19.0 Å². The molecule has 1 aliphatic rings. The van der Waals surface area contributed by atoms with Crippen LogP contribution in [-0.2, 0) is 14.8 Å². The molecule has 100 valence electrons. The standard InChI is InChI=1S/C10H15N3O4S/c1-18(15,16)13-4-2-8(3-5-13)10(14)12-9-6-11-17-7-9/h6-8H,2-5H2,1H3,(H,12,14). The number of hydrogen-bond donors (Lipinski definition) is 1. The summed E-state index contributed by atoms with van der Waals surface area (Å²) in [5, 5.41) is 6.17. The molecule has 1 amide bonds. The van der Waals surface area contributed by atoms with Gasteiger partial charge in [-0.05, 0) is 12.8 Å². The lowest BCUT2D eigenvalue weighted by Gasteiger charge is -2.29. The Kier molecular flexibility index (Phi) is 3.67. The molecule has 1 aromatic rings. The molecule has 1 N–H and O–H groups in total. The second-order valence-electron chi connectivity index (χ2n) is 4.34. The van der Waals surface area contributed by atoms with E-state index in [9.17, 15) is 13.2 Å². The molecule has 0 spiro atoms. The molecule has 0 aromatic carbocycles. The van der Waals surface area contributed by atoms with Crippen LogP contribution in [0.15, 0.2) is 17.0 Å². The first-order valence-electron chi connectivity index (χ1n) is 5.62. The monoisotopic (exact) mass is 273 g/mol. The van der Waals surface area contributed by atoms with E-state index in [1.807, 2.05) is 0 Å². The predicted octanol–water partition coefficient (Wildman–Crippen LogP) is 0.285. The second-order valence-corrected chi connectivity index (χ2v) is 6.32. The van der Waals surface area contributed by atoms with Gasteiger partial charge in [0.05, 0.1) is 12.5 Å². The molecule has 0 aliphatic carbocycles. The number of carbonyl (C=O) groups is 1. The molecular formula is C10H15N3O4S. The Labute approximate surface area is 105 Å². The van der Waals surface area contributed by atoms with Gasteiger partial charge >= 0.3 is 0 Å². The van der Waals surface area contributed by atoms with Crippen molar-refractivity contribution in [3.05, 3.63) is 12.5 Å². The zero-order valence-corrected chi connectivity index (χ0v) is 10.8. The molecule has 0 atom stereocenters. The molecule has 0 saturated carbocycles. The van der Waals surface area contributed by atoms with E-state index in [0.29, 0.717) is 31.6 Å². The Bertz CT molecular complexity index is 503. The third-order valence-corrected chi connectivity index (χ3v) is 4.30. The van der Waals surface area contributed by atoms with Gasteiger partial charge in [-0.25, -0.2) is 12.7 Å². The fourth-order valence-electron chi connectivity index (χ4n) is 1.96. The normalized spacial score (nSPS) is 18.7. The minimum absolute atomic E-state index is 0.119. The van der Waals surface area contributed by atoms with Crippen LogP contribution in [0.25, 0.3) is 0 Å². The molecule has 1 saturated heterocycles. The van der Waals surface area contributed by atoms with Gasteiger partial charge in [-0.2, -0.15) is 0 Å². The third-order valence-electron chi connectivity index (χ3n) is 2.99. The van der Waals surface area contributed by atoms with E-state index in [1.54, 1.807) is 0 Å². The molecule has 2 heterocycles. The fourth-order valence-corrected chi connectivity index (χ4v) is 2.83. The van der Waals surface area contributed by atoms with Crippen molar-refractivity contribution in [1.29, 1.82) is 0 Å². The predicted molar refractivity (Wildman–Crippen MR) is 64.3 cm³/mol. The van der Waals surface area contributed by atoms with Gasteiger partial charge in [0.1, 0.15) is 12.0 Å². The van der Waals surface area contributed by atoms with E-state index >= 15 is 0 Å². The van der Waals surface area contributed by atoms with Crippen LogP contribution in [0.5, 0.6) is 0 Å². The van der Waals surface area contributed by atoms with Crippen LogP contribution in [0.2, 0.25) is 0 Å². The quantitative estimate of drug-likeness (QED) is 0.854. The highest BCUT2D eigenvalue weighted by Crippen LogP contribution is 2.20. The smallest absolute Gasteiger partial charge is 0.227 e. The van der Waals surface area contributed by atoms with Crippen molar-refractivity contribution in [2.24, 2.45) is 5.92 Å². The van der Waals surface area contributed by atoms with Gasteiger partial charge in [-0.1, -0.05) is 5.16 Å². The largest absolute Gasteiger partial charge is 0.363 e. The molecule has 2 rings (SSSR count). The number of nitrogens with one attached hydrogen (secondary N) is 1. The number of nitrogens with zero attached hydrogens (tertiary/aromatic N) is 2. The van der Waals surface area contributed by atoms with Crippen molar-refractivity contribution in [2.45, 2.75) is 12.8 Å². The Balaban J connectivity index is 1.88. The molecule has 8 heteroatoms. The summed E-state index contributed by atoms with van der Waals surface area (Å²) in [6.45, 7) is 0.779. The lowest BCUT2D eigenvalue weighted by molar-refractivity contribution is -0.120. The number of carbonyl (C=O) groups excluding carboxylic acids is 1. The first-order valence-corrected chi connectivity index (χ1v) is 7.47. The summed E-state index contributed by atoms with van der Waals surface area (Å²) in [7, 11) is -3.15. The summed E-state index contributed by atoms with van der Waals surface area (Å²) in [5.41, 5.74) is 0.519. The molecule has 0 radical (unpaired) electrons.